The monoisotopic (exact) mass is 1170 g/mol. The van der Waals surface area contributed by atoms with Crippen molar-refractivity contribution in [2.45, 2.75) is 6.85 Å². The van der Waals surface area contributed by atoms with Gasteiger partial charge in [-0.05, 0) is 59.6 Å². The Morgan fingerprint density at radius 3 is 1.23 bits per heavy atom. The van der Waals surface area contributed by atoms with E-state index in [9.17, 15) is 0 Å². The van der Waals surface area contributed by atoms with Crippen LogP contribution in [0.15, 0.2) is 158 Å². The Labute approximate surface area is 390 Å². The fourth-order valence-electron chi connectivity index (χ4n) is 8.06. The van der Waals surface area contributed by atoms with Crippen LogP contribution in [0.4, 0.5) is 0 Å². The van der Waals surface area contributed by atoms with E-state index in [4.69, 9.17) is 16.3 Å². The molecule has 0 radical (unpaired) electrons. The molecule has 0 bridgehead atoms. The van der Waals surface area contributed by atoms with Crippen molar-refractivity contribution in [3.8, 4) is 40.6 Å². The van der Waals surface area contributed by atoms with Crippen LogP contribution in [0.5, 0.6) is 23.0 Å². The number of rotatable bonds is 7. The van der Waals surface area contributed by atoms with Crippen LogP contribution in [0.1, 0.15) is 12.4 Å². The molecule has 6 aromatic heterocycles. The smallest absolute Gasteiger partial charge is 0.509 e. The van der Waals surface area contributed by atoms with E-state index in [-0.39, 0.29) is 48.1 Å². The van der Waals surface area contributed by atoms with Gasteiger partial charge in [0.2, 0.25) is 5.95 Å². The SMILES string of the molecule is [2H]c1nc(-n2c3[c-]c(Oc4[c-]c5c(cc4)c4ccccc4n5-c4ccccn4)ccc3c3ccc(Oc4[c-]c5c(cc4)c4ccccc4n5-c4ccccn4)[c-]c32)nc([2H])c1C([2H])([2H])[2H].[Pt+2].[Pt+2]. The average molecular weight is 1170 g/mol. The molecule has 12 aromatic rings. The minimum atomic E-state index is -2.77. The molecule has 0 atom stereocenters. The third-order valence-electron chi connectivity index (χ3n) is 10.6. The van der Waals surface area contributed by atoms with Crippen LogP contribution >= 0.6 is 0 Å². The molecular weight excluding hydrogens is 1130 g/mol. The standard InChI is InChI=1S/C51H29N7O2.2Pt/c1-32-30-54-51(55-31-32)58-47-28-35(59-33-16-20-39-37-10-2-4-12-43(37)56(45(39)26-33)49-14-6-8-24-52-49)18-22-41(47)42-23-19-36(29-48(42)58)60-34-17-21-40-38-11-3-5-13-44(38)57(46(40)27-34)50-15-7-9-25-53-50;;/h2-25,30-31H,1H3;;/q-4;2*+2/i1D3,30D,31D;;. The molecule has 0 saturated heterocycles. The first-order valence-corrected chi connectivity index (χ1v) is 19.1. The van der Waals surface area contributed by atoms with Crippen LogP contribution in [0, 0.1) is 31.1 Å². The molecule has 0 N–H and O–H groups in total. The molecule has 11 heteroatoms. The molecule has 6 heterocycles. The predicted molar refractivity (Wildman–Crippen MR) is 234 cm³/mol. The largest absolute Gasteiger partial charge is 2.00 e. The van der Waals surface area contributed by atoms with Crippen LogP contribution in [-0.2, 0) is 42.1 Å². The van der Waals surface area contributed by atoms with E-state index < -0.39 is 24.8 Å². The van der Waals surface area contributed by atoms with E-state index >= 15 is 0 Å². The van der Waals surface area contributed by atoms with E-state index in [1.54, 1.807) is 29.1 Å². The van der Waals surface area contributed by atoms with Gasteiger partial charge in [0.1, 0.15) is 11.6 Å². The van der Waals surface area contributed by atoms with E-state index in [0.29, 0.717) is 44.8 Å². The van der Waals surface area contributed by atoms with E-state index in [2.05, 4.69) is 56.3 Å². The zero-order valence-corrected chi connectivity index (χ0v) is 36.5. The van der Waals surface area contributed by atoms with Gasteiger partial charge in [-0.1, -0.05) is 70.6 Å². The molecule has 0 saturated carbocycles. The van der Waals surface area contributed by atoms with Crippen LogP contribution in [0.3, 0.4) is 0 Å². The number of hydrogen-bond donors (Lipinski definition) is 0. The Bertz CT molecular complexity index is 3640. The first kappa shape index (κ1) is 33.8. The third-order valence-corrected chi connectivity index (χ3v) is 10.6. The summed E-state index contributed by atoms with van der Waals surface area (Å²) < 4.78 is 59.8. The predicted octanol–water partition coefficient (Wildman–Crippen LogP) is 11.6. The van der Waals surface area contributed by atoms with Gasteiger partial charge < -0.3 is 23.2 Å². The fraction of sp³-hybridized carbons (Fsp3) is 0.0196. The maximum Gasteiger partial charge on any atom is 2.00 e. The second-order valence-electron chi connectivity index (χ2n) is 14.1. The molecule has 6 aromatic carbocycles. The Kier molecular flexibility index (Phi) is 8.62. The fourth-order valence-corrected chi connectivity index (χ4v) is 8.06. The van der Waals surface area contributed by atoms with Gasteiger partial charge in [0.05, 0.1) is 2.74 Å². The van der Waals surface area contributed by atoms with Gasteiger partial charge >= 0.3 is 42.1 Å². The minimum absolute atomic E-state index is 0. The summed E-state index contributed by atoms with van der Waals surface area (Å²) in [6, 6.07) is 56.4. The molecule has 0 fully saturated rings. The maximum atomic E-state index is 8.64. The molecule has 300 valence electrons. The first-order valence-electron chi connectivity index (χ1n) is 21.6. The van der Waals surface area contributed by atoms with Gasteiger partial charge in [0.15, 0.2) is 0 Å². The number of hydrogen-bond acceptors (Lipinski definition) is 6. The average Bonchev–Trinajstić information content (AvgIpc) is 3.93. The van der Waals surface area contributed by atoms with Gasteiger partial charge in [-0.25, -0.2) is 19.9 Å². The van der Waals surface area contributed by atoms with E-state index in [0.717, 1.165) is 55.2 Å². The number of nitrogens with zero attached hydrogens (tertiary/aromatic N) is 7. The number of aromatic nitrogens is 7. The molecule has 0 aliphatic carbocycles. The molecule has 0 aliphatic rings. The summed E-state index contributed by atoms with van der Waals surface area (Å²) in [6.45, 7) is -2.77. The molecule has 0 amide bonds. The van der Waals surface area contributed by atoms with E-state index in [1.807, 2.05) is 118 Å². The van der Waals surface area contributed by atoms with Crippen molar-refractivity contribution < 1.29 is 58.5 Å². The van der Waals surface area contributed by atoms with Gasteiger partial charge in [-0.3, -0.25) is 0 Å². The molecule has 0 aliphatic heterocycles. The van der Waals surface area contributed by atoms with Gasteiger partial charge in [-0.2, -0.15) is 35.0 Å². The Hall–Kier alpha value is -6.92. The zero-order valence-electron chi connectivity index (χ0n) is 36.9. The van der Waals surface area contributed by atoms with Gasteiger partial charge in [0.25, 0.3) is 0 Å². The van der Waals surface area contributed by atoms with Crippen molar-refractivity contribution in [2.75, 3.05) is 0 Å². The van der Waals surface area contributed by atoms with Crippen molar-refractivity contribution >= 4 is 65.4 Å². The van der Waals surface area contributed by atoms with Crippen LogP contribution in [-0.4, -0.2) is 33.6 Å². The van der Waals surface area contributed by atoms with Crippen LogP contribution in [0.2, 0.25) is 0 Å². The summed E-state index contributed by atoms with van der Waals surface area (Å²) in [5.41, 5.74) is 3.83. The zero-order chi connectivity index (χ0) is 44.0. The summed E-state index contributed by atoms with van der Waals surface area (Å²) in [5.74, 6) is 2.87. The number of fused-ring (bicyclic) bond motifs is 9. The molecule has 0 unspecified atom stereocenters. The van der Waals surface area contributed by atoms with Crippen molar-refractivity contribution in [2.24, 2.45) is 0 Å². The Balaban J connectivity index is 0.00000263. The van der Waals surface area contributed by atoms with Crippen molar-refractivity contribution in [3.63, 3.8) is 0 Å². The second-order valence-corrected chi connectivity index (χ2v) is 14.1. The summed E-state index contributed by atoms with van der Waals surface area (Å²) in [5, 5.41) is 5.47. The number of pyridine rings is 2. The summed E-state index contributed by atoms with van der Waals surface area (Å²) >= 11 is 0. The maximum absolute atomic E-state index is 8.64. The summed E-state index contributed by atoms with van der Waals surface area (Å²) in [6.07, 6.45) is 2.32. The van der Waals surface area contributed by atoms with Crippen molar-refractivity contribution in [1.29, 1.82) is 0 Å². The topological polar surface area (TPSA) is 84.8 Å². The van der Waals surface area contributed by atoms with Crippen LogP contribution in [0.25, 0.3) is 83.0 Å². The molecule has 62 heavy (non-hydrogen) atoms. The molecule has 9 nitrogen and oxygen atoms in total. The van der Waals surface area contributed by atoms with Gasteiger partial charge in [0, 0.05) is 62.9 Å². The molecule has 12 rings (SSSR count). The first-order chi connectivity index (χ1) is 31.7. The van der Waals surface area contributed by atoms with Crippen molar-refractivity contribution in [1.82, 2.24) is 33.6 Å². The van der Waals surface area contributed by atoms with Crippen molar-refractivity contribution in [3.05, 3.63) is 188 Å². The van der Waals surface area contributed by atoms with Gasteiger partial charge in [-0.15, -0.1) is 59.3 Å². The third kappa shape index (κ3) is 6.48. The number of para-hydroxylation sites is 2. The Morgan fingerprint density at radius 1 is 0.435 bits per heavy atom. The minimum Gasteiger partial charge on any atom is -0.509 e. The summed E-state index contributed by atoms with van der Waals surface area (Å²) in [4.78, 5) is 18.0. The van der Waals surface area contributed by atoms with Crippen LogP contribution < -0.4 is 9.47 Å². The number of benzene rings is 6. The van der Waals surface area contributed by atoms with E-state index in [1.165, 1.54) is 0 Å². The normalized spacial score (nSPS) is 12.7. The number of ether oxygens (including phenoxy) is 2. The second kappa shape index (κ2) is 15.8. The summed E-state index contributed by atoms with van der Waals surface area (Å²) in [7, 11) is 0. The quantitative estimate of drug-likeness (QED) is 0.148. The molecule has 0 spiro atoms. The molecular formula is C51H29N7O2Pt2. The Morgan fingerprint density at radius 2 is 0.823 bits per heavy atom.